The third-order valence-electron chi connectivity index (χ3n) is 4.11. The molecule has 0 radical (unpaired) electrons. The van der Waals surface area contributed by atoms with Crippen LogP contribution >= 0.6 is 0 Å². The van der Waals surface area contributed by atoms with Crippen LogP contribution in [0.25, 0.3) is 0 Å². The van der Waals surface area contributed by atoms with Crippen LogP contribution in [-0.2, 0) is 15.6 Å². The summed E-state index contributed by atoms with van der Waals surface area (Å²) >= 11 is -5.60. The van der Waals surface area contributed by atoms with Gasteiger partial charge in [0, 0.05) is 0 Å². The van der Waals surface area contributed by atoms with Crippen LogP contribution in [0, 0.1) is 0 Å². The molecule has 0 spiro atoms. The monoisotopic (exact) mass is 386 g/mol. The quantitative estimate of drug-likeness (QED) is 0.479. The molecule has 0 saturated carbocycles. The molecule has 0 unspecified atom stereocenters. The van der Waals surface area contributed by atoms with Crippen molar-refractivity contribution in [3.8, 4) is 0 Å². The van der Waals surface area contributed by atoms with Crippen LogP contribution in [0.2, 0.25) is 0 Å². The summed E-state index contributed by atoms with van der Waals surface area (Å²) in [4.78, 5) is 0. The average molecular weight is 386 g/mol. The number of rotatable bonds is 6. The van der Waals surface area contributed by atoms with E-state index in [1.807, 2.05) is 91.0 Å². The van der Waals surface area contributed by atoms with E-state index >= 15 is 6.93 Å². The summed E-state index contributed by atoms with van der Waals surface area (Å²) < 4.78 is 32.1. The van der Waals surface area contributed by atoms with Crippen molar-refractivity contribution in [3.05, 3.63) is 108 Å². The molecule has 0 aromatic heterocycles. The first-order valence-corrected chi connectivity index (χ1v) is 13.5. The van der Waals surface area contributed by atoms with Gasteiger partial charge >= 0.3 is 144 Å². The van der Waals surface area contributed by atoms with Crippen molar-refractivity contribution in [2.24, 2.45) is 0 Å². The van der Waals surface area contributed by atoms with Crippen molar-refractivity contribution in [3.63, 3.8) is 0 Å². The third kappa shape index (κ3) is 4.55. The van der Waals surface area contributed by atoms with E-state index in [4.69, 9.17) is 0 Å². The van der Waals surface area contributed by atoms with Crippen LogP contribution in [0.4, 0.5) is 6.93 Å². The van der Waals surface area contributed by atoms with Crippen molar-refractivity contribution >= 4 is 13.4 Å². The minimum atomic E-state index is -5.60. The Labute approximate surface area is 143 Å². The Hall–Kier alpha value is -1.92. The van der Waals surface area contributed by atoms with Crippen LogP contribution in [0.3, 0.4) is 0 Å². The van der Waals surface area contributed by atoms with Crippen LogP contribution in [0.5, 0.6) is 0 Å². The fourth-order valence-corrected chi connectivity index (χ4v) is 10.1. The summed E-state index contributed by atoms with van der Waals surface area (Å²) in [6.45, 7) is 0. The molecule has 3 aromatic rings. The molecular weight excluding hydrogens is 365 g/mol. The summed E-state index contributed by atoms with van der Waals surface area (Å²) in [7, 11) is 0. The standard InChI is InChI=1S/C21H21AsF2/c23-22(24,16-19-10-4-1-5-11-19,17-20-12-6-2-7-13-20)18-21-14-8-3-9-15-21/h1-15H,16-18H2. The van der Waals surface area contributed by atoms with Gasteiger partial charge in [-0.25, -0.2) is 0 Å². The molecule has 0 aliphatic rings. The van der Waals surface area contributed by atoms with Gasteiger partial charge in [0.05, 0.1) is 0 Å². The Morgan fingerprint density at radius 2 is 0.708 bits per heavy atom. The predicted molar refractivity (Wildman–Crippen MR) is 98.4 cm³/mol. The first-order valence-electron chi connectivity index (χ1n) is 8.08. The van der Waals surface area contributed by atoms with Gasteiger partial charge in [0.25, 0.3) is 0 Å². The second kappa shape index (κ2) is 6.91. The molecule has 0 atom stereocenters. The Morgan fingerprint density at radius 1 is 0.458 bits per heavy atom. The van der Waals surface area contributed by atoms with Gasteiger partial charge in [-0.1, -0.05) is 0 Å². The zero-order valence-corrected chi connectivity index (χ0v) is 15.4. The van der Waals surface area contributed by atoms with Crippen molar-refractivity contribution in [2.45, 2.75) is 15.6 Å². The van der Waals surface area contributed by atoms with E-state index in [9.17, 15) is 0 Å². The molecule has 0 aliphatic heterocycles. The van der Waals surface area contributed by atoms with Crippen LogP contribution in [-0.4, -0.2) is 13.4 Å². The van der Waals surface area contributed by atoms with E-state index in [1.165, 1.54) is 0 Å². The molecular formula is C21H21AsF2. The summed E-state index contributed by atoms with van der Waals surface area (Å²) in [6, 6.07) is 27.5. The number of benzene rings is 3. The number of hydrogen-bond acceptors (Lipinski definition) is 0. The molecule has 0 amide bonds. The molecule has 0 bridgehead atoms. The van der Waals surface area contributed by atoms with Crippen molar-refractivity contribution in [1.82, 2.24) is 0 Å². The van der Waals surface area contributed by atoms with E-state index in [0.29, 0.717) is 0 Å². The second-order valence-electron chi connectivity index (χ2n) is 6.38. The molecule has 3 heteroatoms. The number of halogens is 2. The molecule has 0 aliphatic carbocycles. The number of hydrogen-bond donors (Lipinski definition) is 0. The zero-order chi connectivity index (χ0) is 16.9. The van der Waals surface area contributed by atoms with E-state index in [2.05, 4.69) is 0 Å². The summed E-state index contributed by atoms with van der Waals surface area (Å²) in [6.07, 6.45) is 0. The van der Waals surface area contributed by atoms with Gasteiger partial charge in [-0.15, -0.1) is 0 Å². The average Bonchev–Trinajstić information content (AvgIpc) is 2.56. The van der Waals surface area contributed by atoms with Gasteiger partial charge in [0.15, 0.2) is 0 Å². The SMILES string of the molecule is F[As](F)(Cc1ccccc1)(Cc1ccccc1)Cc1ccccc1. The third-order valence-corrected chi connectivity index (χ3v) is 10.7. The van der Waals surface area contributed by atoms with Crippen LogP contribution < -0.4 is 0 Å². The van der Waals surface area contributed by atoms with Crippen molar-refractivity contribution < 1.29 is 6.93 Å². The molecule has 0 N–H and O–H groups in total. The van der Waals surface area contributed by atoms with Gasteiger partial charge < -0.3 is 0 Å². The van der Waals surface area contributed by atoms with Crippen molar-refractivity contribution in [2.75, 3.05) is 0 Å². The summed E-state index contributed by atoms with van der Waals surface area (Å²) in [5.41, 5.74) is 2.21. The van der Waals surface area contributed by atoms with Gasteiger partial charge in [-0.3, -0.25) is 0 Å². The maximum absolute atomic E-state index is 16.0. The Balaban J connectivity index is 1.95. The fourth-order valence-electron chi connectivity index (χ4n) is 3.11. The van der Waals surface area contributed by atoms with Crippen LogP contribution in [0.15, 0.2) is 91.0 Å². The van der Waals surface area contributed by atoms with Gasteiger partial charge in [0.1, 0.15) is 0 Å². The van der Waals surface area contributed by atoms with Gasteiger partial charge in [0.2, 0.25) is 0 Å². The normalized spacial score (nSPS) is 13.2. The molecule has 3 rings (SSSR count). The topological polar surface area (TPSA) is 0 Å². The van der Waals surface area contributed by atoms with E-state index in [0.717, 1.165) is 16.7 Å². The zero-order valence-electron chi connectivity index (χ0n) is 13.5. The van der Waals surface area contributed by atoms with Crippen molar-refractivity contribution in [1.29, 1.82) is 0 Å². The minimum absolute atomic E-state index is 0.0940. The Bertz CT molecular complexity index is 663. The molecule has 0 nitrogen and oxygen atoms in total. The molecule has 0 saturated heterocycles. The second-order valence-corrected chi connectivity index (χ2v) is 14.5. The first kappa shape index (κ1) is 16.9. The summed E-state index contributed by atoms with van der Waals surface area (Å²) in [5, 5.41) is -0.282. The Kier molecular flexibility index (Phi) is 4.87. The van der Waals surface area contributed by atoms with E-state index < -0.39 is 13.4 Å². The molecule has 124 valence electrons. The first-order chi connectivity index (χ1) is 11.5. The molecule has 24 heavy (non-hydrogen) atoms. The molecule has 0 fully saturated rings. The van der Waals surface area contributed by atoms with Crippen LogP contribution in [0.1, 0.15) is 16.7 Å². The van der Waals surface area contributed by atoms with Gasteiger partial charge in [-0.05, 0) is 0 Å². The van der Waals surface area contributed by atoms with Gasteiger partial charge in [-0.2, -0.15) is 0 Å². The van der Waals surface area contributed by atoms with E-state index in [1.54, 1.807) is 0 Å². The fraction of sp³-hybridized carbons (Fsp3) is 0.143. The Morgan fingerprint density at radius 3 is 0.958 bits per heavy atom. The maximum atomic E-state index is 16.0. The van der Waals surface area contributed by atoms with E-state index in [-0.39, 0.29) is 15.6 Å². The summed E-state index contributed by atoms with van der Waals surface area (Å²) in [5.74, 6) is 0. The molecule has 0 heterocycles. The molecule has 3 aromatic carbocycles. The predicted octanol–water partition coefficient (Wildman–Crippen LogP) is 5.67.